The van der Waals surface area contributed by atoms with E-state index >= 15 is 0 Å². The number of methoxy groups -OCH3 is 1. The van der Waals surface area contributed by atoms with E-state index in [9.17, 15) is 13.2 Å². The van der Waals surface area contributed by atoms with Crippen molar-refractivity contribution in [2.45, 2.75) is 4.90 Å². The molecule has 156 valence electrons. The fourth-order valence-electron chi connectivity index (χ4n) is 3.04. The Morgan fingerprint density at radius 1 is 1.07 bits per heavy atom. The number of carbonyl (C=O) groups excluding carboxylic acids is 1. The highest BCUT2D eigenvalue weighted by molar-refractivity contribution is 7.89. The average molecular weight is 458 g/mol. The Morgan fingerprint density at radius 2 is 1.72 bits per heavy atom. The van der Waals surface area contributed by atoms with E-state index in [0.29, 0.717) is 26.2 Å². The Hall–Kier alpha value is -2.00. The lowest BCUT2D eigenvalue weighted by Gasteiger charge is -2.36. The predicted octanol–water partition coefficient (Wildman–Crippen LogP) is 2.63. The second-order valence-corrected chi connectivity index (χ2v) is 9.04. The summed E-state index contributed by atoms with van der Waals surface area (Å²) in [5.74, 6) is 0.496. The van der Waals surface area contributed by atoms with Gasteiger partial charge in [0.05, 0.1) is 18.7 Å². The quantitative estimate of drug-likeness (QED) is 0.720. The van der Waals surface area contributed by atoms with Crippen molar-refractivity contribution >= 4 is 44.8 Å². The van der Waals surface area contributed by atoms with Crippen molar-refractivity contribution in [3.63, 3.8) is 0 Å². The van der Waals surface area contributed by atoms with Gasteiger partial charge >= 0.3 is 0 Å². The fraction of sp³-hybridized carbons (Fsp3) is 0.316. The number of nitrogens with one attached hydrogen (secondary N) is 1. The Kier molecular flexibility index (Phi) is 6.89. The van der Waals surface area contributed by atoms with Crippen LogP contribution in [0.1, 0.15) is 0 Å². The number of hydrogen-bond acceptors (Lipinski definition) is 5. The summed E-state index contributed by atoms with van der Waals surface area (Å²) >= 11 is 11.8. The van der Waals surface area contributed by atoms with Crippen LogP contribution in [0.3, 0.4) is 0 Å². The van der Waals surface area contributed by atoms with Gasteiger partial charge in [-0.05, 0) is 42.5 Å². The number of benzene rings is 2. The number of sulfonamides is 1. The lowest BCUT2D eigenvalue weighted by molar-refractivity contribution is -0.130. The average Bonchev–Trinajstić information content (AvgIpc) is 2.74. The molecule has 1 fully saturated rings. The molecular weight excluding hydrogens is 437 g/mol. The standard InChI is InChI=1S/C19H21Cl2N3O4S/c1-28-16-5-3-15(4-6-16)23-8-10-24(11-9-23)19(25)13-22-29(26,27)18-12-14(20)2-7-17(18)21/h2-7,12,22H,8-11,13H2,1H3. The van der Waals surface area contributed by atoms with Gasteiger partial charge in [0, 0.05) is 36.9 Å². The van der Waals surface area contributed by atoms with Crippen molar-refractivity contribution in [3.05, 3.63) is 52.5 Å². The third kappa shape index (κ3) is 5.33. The lowest BCUT2D eigenvalue weighted by Crippen LogP contribution is -2.51. The topological polar surface area (TPSA) is 79.0 Å². The number of halogens is 2. The third-order valence-corrected chi connectivity index (χ3v) is 6.78. The van der Waals surface area contributed by atoms with E-state index in [-0.39, 0.29) is 27.4 Å². The molecule has 0 radical (unpaired) electrons. The van der Waals surface area contributed by atoms with E-state index in [0.717, 1.165) is 11.4 Å². The van der Waals surface area contributed by atoms with Crippen LogP contribution < -0.4 is 14.4 Å². The van der Waals surface area contributed by atoms with Crippen LogP contribution in [0.5, 0.6) is 5.75 Å². The molecule has 1 heterocycles. The van der Waals surface area contributed by atoms with E-state index in [1.165, 1.54) is 18.2 Å². The molecule has 0 spiro atoms. The van der Waals surface area contributed by atoms with Crippen LogP contribution in [0.2, 0.25) is 10.0 Å². The Morgan fingerprint density at radius 3 is 2.34 bits per heavy atom. The van der Waals surface area contributed by atoms with Crippen LogP contribution in [0, 0.1) is 0 Å². The predicted molar refractivity (Wildman–Crippen MR) is 113 cm³/mol. The van der Waals surface area contributed by atoms with Gasteiger partial charge in [-0.15, -0.1) is 0 Å². The number of ether oxygens (including phenoxy) is 1. The Bertz CT molecular complexity index is 975. The number of piperazine rings is 1. The Labute approximate surface area is 180 Å². The van der Waals surface area contributed by atoms with E-state index < -0.39 is 10.0 Å². The van der Waals surface area contributed by atoms with Gasteiger partial charge in [-0.1, -0.05) is 23.2 Å². The molecule has 29 heavy (non-hydrogen) atoms. The highest BCUT2D eigenvalue weighted by Crippen LogP contribution is 2.25. The van der Waals surface area contributed by atoms with E-state index in [1.54, 1.807) is 12.0 Å². The smallest absolute Gasteiger partial charge is 0.242 e. The number of anilines is 1. The molecule has 2 aromatic rings. The number of carbonyl (C=O) groups is 1. The highest BCUT2D eigenvalue weighted by atomic mass is 35.5. The zero-order chi connectivity index (χ0) is 21.0. The van der Waals surface area contributed by atoms with Gasteiger partial charge < -0.3 is 14.5 Å². The van der Waals surface area contributed by atoms with Crippen LogP contribution >= 0.6 is 23.2 Å². The summed E-state index contributed by atoms with van der Waals surface area (Å²) in [6, 6.07) is 11.9. The van der Waals surface area contributed by atoms with Gasteiger partial charge in [-0.3, -0.25) is 4.79 Å². The summed E-state index contributed by atoms with van der Waals surface area (Å²) in [6.07, 6.45) is 0. The van der Waals surface area contributed by atoms with Gasteiger partial charge in [-0.25, -0.2) is 13.1 Å². The van der Waals surface area contributed by atoms with Gasteiger partial charge in [0.15, 0.2) is 0 Å². The number of rotatable bonds is 6. The first kappa shape index (κ1) is 21.7. The molecular formula is C19H21Cl2N3O4S. The van der Waals surface area contributed by atoms with Crippen molar-refractivity contribution in [3.8, 4) is 5.75 Å². The SMILES string of the molecule is COc1ccc(N2CCN(C(=O)CNS(=O)(=O)c3cc(Cl)ccc3Cl)CC2)cc1. The third-order valence-electron chi connectivity index (χ3n) is 4.67. The van der Waals surface area contributed by atoms with Crippen LogP contribution in [-0.4, -0.2) is 59.1 Å². The maximum absolute atomic E-state index is 12.5. The normalized spacial score (nSPS) is 14.7. The minimum atomic E-state index is -3.94. The van der Waals surface area contributed by atoms with Crippen molar-refractivity contribution in [1.82, 2.24) is 9.62 Å². The second-order valence-electron chi connectivity index (χ2n) is 6.47. The molecule has 3 rings (SSSR count). The molecule has 0 atom stereocenters. The Balaban J connectivity index is 1.55. The summed E-state index contributed by atoms with van der Waals surface area (Å²) in [5.41, 5.74) is 1.05. The van der Waals surface area contributed by atoms with Crippen LogP contribution in [0.4, 0.5) is 5.69 Å². The molecule has 1 saturated heterocycles. The minimum Gasteiger partial charge on any atom is -0.497 e. The minimum absolute atomic E-state index is 0.0439. The molecule has 0 bridgehead atoms. The number of nitrogens with zero attached hydrogens (tertiary/aromatic N) is 2. The molecule has 2 aromatic carbocycles. The molecule has 0 aliphatic carbocycles. The maximum Gasteiger partial charge on any atom is 0.242 e. The van der Waals surface area contributed by atoms with Gasteiger partial charge in [0.1, 0.15) is 10.6 Å². The molecule has 0 aromatic heterocycles. The number of hydrogen-bond donors (Lipinski definition) is 1. The molecule has 1 aliphatic heterocycles. The molecule has 0 unspecified atom stereocenters. The molecule has 0 saturated carbocycles. The van der Waals surface area contributed by atoms with Gasteiger partial charge in [-0.2, -0.15) is 0 Å². The highest BCUT2D eigenvalue weighted by Gasteiger charge is 2.24. The molecule has 1 aliphatic rings. The summed E-state index contributed by atoms with van der Waals surface area (Å²) in [4.78, 5) is 16.1. The summed E-state index contributed by atoms with van der Waals surface area (Å²) in [7, 11) is -2.32. The first-order valence-corrected chi connectivity index (χ1v) is 11.2. The first-order chi connectivity index (χ1) is 13.8. The van der Waals surface area contributed by atoms with Gasteiger partial charge in [0.25, 0.3) is 0 Å². The van der Waals surface area contributed by atoms with Crippen molar-refractivity contribution in [2.24, 2.45) is 0 Å². The van der Waals surface area contributed by atoms with E-state index in [1.807, 2.05) is 24.3 Å². The van der Waals surface area contributed by atoms with Crippen LogP contribution in [0.25, 0.3) is 0 Å². The van der Waals surface area contributed by atoms with Crippen LogP contribution in [-0.2, 0) is 14.8 Å². The summed E-state index contributed by atoms with van der Waals surface area (Å²) in [6.45, 7) is 1.98. The summed E-state index contributed by atoms with van der Waals surface area (Å²) in [5, 5.41) is 0.290. The van der Waals surface area contributed by atoms with Crippen LogP contribution in [0.15, 0.2) is 47.4 Å². The zero-order valence-electron chi connectivity index (χ0n) is 15.8. The van der Waals surface area contributed by atoms with Crippen molar-refractivity contribution < 1.29 is 17.9 Å². The molecule has 1 amide bonds. The largest absolute Gasteiger partial charge is 0.497 e. The second kappa shape index (κ2) is 9.21. The first-order valence-electron chi connectivity index (χ1n) is 8.91. The monoisotopic (exact) mass is 457 g/mol. The van der Waals surface area contributed by atoms with E-state index in [2.05, 4.69) is 9.62 Å². The number of amides is 1. The lowest BCUT2D eigenvalue weighted by atomic mass is 10.2. The van der Waals surface area contributed by atoms with Crippen molar-refractivity contribution in [1.29, 1.82) is 0 Å². The maximum atomic E-state index is 12.5. The van der Waals surface area contributed by atoms with Gasteiger partial charge in [0.2, 0.25) is 15.9 Å². The zero-order valence-corrected chi connectivity index (χ0v) is 18.1. The van der Waals surface area contributed by atoms with Crippen molar-refractivity contribution in [2.75, 3.05) is 44.7 Å². The molecule has 10 heteroatoms. The molecule has 1 N–H and O–H groups in total. The van der Waals surface area contributed by atoms with E-state index in [4.69, 9.17) is 27.9 Å². The fourth-order valence-corrected chi connectivity index (χ4v) is 4.77. The summed E-state index contributed by atoms with van der Waals surface area (Å²) < 4.78 is 32.3. The molecule has 7 nitrogen and oxygen atoms in total.